The highest BCUT2D eigenvalue weighted by atomic mass is 32.2. The van der Waals surface area contributed by atoms with Gasteiger partial charge in [0.25, 0.3) is 0 Å². The zero-order chi connectivity index (χ0) is 11.0. The topological polar surface area (TPSA) is 84.5 Å². The lowest BCUT2D eigenvalue weighted by atomic mass is 10.6. The van der Waals surface area contributed by atoms with E-state index >= 15 is 0 Å². The van der Waals surface area contributed by atoms with Crippen LogP contribution in [0.2, 0.25) is 0 Å². The molecule has 0 aliphatic carbocycles. The van der Waals surface area contributed by atoms with Crippen LogP contribution in [-0.4, -0.2) is 53.3 Å². The van der Waals surface area contributed by atoms with Crippen LogP contribution in [0.25, 0.3) is 0 Å². The van der Waals surface area contributed by atoms with Crippen molar-refractivity contribution in [3.8, 4) is 0 Å². The summed E-state index contributed by atoms with van der Waals surface area (Å²) in [5.41, 5.74) is 0. The number of urea groups is 1. The molecule has 0 spiro atoms. The van der Waals surface area contributed by atoms with E-state index in [0.29, 0.717) is 13.2 Å². The van der Waals surface area contributed by atoms with E-state index in [1.165, 1.54) is 7.11 Å². The number of amides is 2. The molecule has 0 saturated heterocycles. The largest absolute Gasteiger partial charge is 0.383 e. The van der Waals surface area contributed by atoms with Crippen molar-refractivity contribution in [2.75, 3.05) is 38.8 Å². The van der Waals surface area contributed by atoms with Crippen LogP contribution in [0.15, 0.2) is 0 Å². The van der Waals surface area contributed by atoms with Crippen LogP contribution in [0.3, 0.4) is 0 Å². The smallest absolute Gasteiger partial charge is 0.314 e. The Morgan fingerprint density at radius 2 is 1.86 bits per heavy atom. The molecule has 6 nitrogen and oxygen atoms in total. The van der Waals surface area contributed by atoms with Crippen molar-refractivity contribution in [2.24, 2.45) is 0 Å². The Kier molecular flexibility index (Phi) is 6.22. The molecular weight excluding hydrogens is 208 g/mol. The highest BCUT2D eigenvalue weighted by molar-refractivity contribution is 7.90. The van der Waals surface area contributed by atoms with Crippen LogP contribution < -0.4 is 10.6 Å². The quantitative estimate of drug-likeness (QED) is 0.565. The van der Waals surface area contributed by atoms with Crippen molar-refractivity contribution in [1.82, 2.24) is 10.6 Å². The van der Waals surface area contributed by atoms with Gasteiger partial charge in [0, 0.05) is 26.5 Å². The first kappa shape index (κ1) is 13.2. The lowest BCUT2D eigenvalue weighted by Crippen LogP contribution is -2.39. The molecule has 0 heterocycles. The lowest BCUT2D eigenvalue weighted by molar-refractivity contribution is 0.196. The summed E-state index contributed by atoms with van der Waals surface area (Å²) in [6, 6.07) is -0.384. The summed E-state index contributed by atoms with van der Waals surface area (Å²) in [4.78, 5) is 10.9. The fourth-order valence-corrected chi connectivity index (χ4v) is 1.15. The zero-order valence-electron chi connectivity index (χ0n) is 8.37. The SMILES string of the molecule is COCCNC(=O)NCCS(C)(=O)=O. The van der Waals surface area contributed by atoms with E-state index in [9.17, 15) is 13.2 Å². The molecule has 0 radical (unpaired) electrons. The minimum absolute atomic E-state index is 0.0509. The number of ether oxygens (including phenoxy) is 1. The molecular formula is C7H16N2O4S. The lowest BCUT2D eigenvalue weighted by Gasteiger charge is -2.05. The maximum Gasteiger partial charge on any atom is 0.314 e. The Labute approximate surface area is 83.9 Å². The first-order chi connectivity index (χ1) is 6.45. The Hall–Kier alpha value is -0.820. The van der Waals surface area contributed by atoms with Crippen molar-refractivity contribution in [1.29, 1.82) is 0 Å². The van der Waals surface area contributed by atoms with Gasteiger partial charge in [0.05, 0.1) is 12.4 Å². The molecule has 0 aromatic rings. The molecule has 0 aliphatic heterocycles. The highest BCUT2D eigenvalue weighted by Crippen LogP contribution is 1.79. The van der Waals surface area contributed by atoms with E-state index in [4.69, 9.17) is 4.74 Å². The number of hydrogen-bond donors (Lipinski definition) is 2. The van der Waals surface area contributed by atoms with Gasteiger partial charge in [-0.25, -0.2) is 13.2 Å². The predicted octanol–water partition coefficient (Wildman–Crippen LogP) is -1.02. The predicted molar refractivity (Wildman–Crippen MR) is 53.0 cm³/mol. The van der Waals surface area contributed by atoms with E-state index in [0.717, 1.165) is 6.26 Å². The number of hydrogen-bond acceptors (Lipinski definition) is 4. The molecule has 0 saturated carbocycles. The third kappa shape index (κ3) is 9.27. The molecule has 0 unspecified atom stereocenters. The summed E-state index contributed by atoms with van der Waals surface area (Å²) in [5.74, 6) is -0.0509. The van der Waals surface area contributed by atoms with Gasteiger partial charge in [-0.15, -0.1) is 0 Å². The molecule has 0 aromatic heterocycles. The van der Waals surface area contributed by atoms with E-state index in [1.807, 2.05) is 0 Å². The van der Waals surface area contributed by atoms with Gasteiger partial charge in [-0.3, -0.25) is 0 Å². The monoisotopic (exact) mass is 224 g/mol. The average molecular weight is 224 g/mol. The van der Waals surface area contributed by atoms with E-state index in [2.05, 4.69) is 10.6 Å². The van der Waals surface area contributed by atoms with Crippen LogP contribution in [0.5, 0.6) is 0 Å². The normalized spacial score (nSPS) is 11.0. The molecule has 2 amide bonds. The van der Waals surface area contributed by atoms with Gasteiger partial charge in [0.15, 0.2) is 0 Å². The fourth-order valence-electron chi connectivity index (χ4n) is 0.679. The summed E-state index contributed by atoms with van der Waals surface area (Å²) < 4.78 is 26.1. The molecule has 84 valence electrons. The van der Waals surface area contributed by atoms with Crippen molar-refractivity contribution >= 4 is 15.9 Å². The van der Waals surface area contributed by atoms with Crippen molar-refractivity contribution < 1.29 is 17.9 Å². The van der Waals surface area contributed by atoms with Crippen LogP contribution in [-0.2, 0) is 14.6 Å². The minimum atomic E-state index is -3.01. The summed E-state index contributed by atoms with van der Waals surface area (Å²) in [6.07, 6.45) is 1.12. The van der Waals surface area contributed by atoms with Crippen molar-refractivity contribution in [3.63, 3.8) is 0 Å². The molecule has 0 atom stereocenters. The van der Waals surface area contributed by atoms with Gasteiger partial charge >= 0.3 is 6.03 Å². The maximum absolute atomic E-state index is 10.9. The molecule has 0 rings (SSSR count). The second-order valence-electron chi connectivity index (χ2n) is 2.81. The van der Waals surface area contributed by atoms with Crippen molar-refractivity contribution in [2.45, 2.75) is 0 Å². The van der Waals surface area contributed by atoms with Gasteiger partial charge < -0.3 is 15.4 Å². The molecule has 0 fully saturated rings. The van der Waals surface area contributed by atoms with E-state index in [1.54, 1.807) is 0 Å². The second kappa shape index (κ2) is 6.61. The molecule has 0 aromatic carbocycles. The Balaban J connectivity index is 3.45. The van der Waals surface area contributed by atoms with Crippen LogP contribution in [0, 0.1) is 0 Å². The molecule has 14 heavy (non-hydrogen) atoms. The van der Waals surface area contributed by atoms with Crippen LogP contribution in [0.4, 0.5) is 4.79 Å². The van der Waals surface area contributed by atoms with Gasteiger partial charge in [0.1, 0.15) is 9.84 Å². The molecule has 0 bridgehead atoms. The first-order valence-corrected chi connectivity index (χ1v) is 6.20. The summed E-state index contributed by atoms with van der Waals surface area (Å²) >= 11 is 0. The number of carbonyl (C=O) groups excluding carboxylic acids is 1. The number of sulfone groups is 1. The minimum Gasteiger partial charge on any atom is -0.383 e. The van der Waals surface area contributed by atoms with Gasteiger partial charge in [0.2, 0.25) is 0 Å². The van der Waals surface area contributed by atoms with Gasteiger partial charge in [-0.05, 0) is 0 Å². The summed E-state index contributed by atoms with van der Waals surface area (Å²) in [7, 11) is -1.48. The molecule has 2 N–H and O–H groups in total. The third-order valence-electron chi connectivity index (χ3n) is 1.35. The standard InChI is InChI=1S/C7H16N2O4S/c1-13-5-3-8-7(10)9-4-6-14(2,11)12/h3-6H2,1-2H3,(H2,8,9,10). The van der Waals surface area contributed by atoms with Gasteiger partial charge in [-0.2, -0.15) is 0 Å². The number of rotatable bonds is 6. The average Bonchev–Trinajstić information content (AvgIpc) is 2.02. The Morgan fingerprint density at radius 3 is 2.36 bits per heavy atom. The zero-order valence-corrected chi connectivity index (χ0v) is 9.19. The Bertz CT molecular complexity index is 263. The summed E-state index contributed by atoms with van der Waals surface area (Å²) in [5, 5.41) is 4.91. The van der Waals surface area contributed by atoms with E-state index in [-0.39, 0.29) is 18.3 Å². The highest BCUT2D eigenvalue weighted by Gasteiger charge is 2.03. The maximum atomic E-state index is 10.9. The second-order valence-corrected chi connectivity index (χ2v) is 5.07. The van der Waals surface area contributed by atoms with E-state index < -0.39 is 9.84 Å². The summed E-state index contributed by atoms with van der Waals surface area (Å²) in [6.45, 7) is 0.957. The number of methoxy groups -OCH3 is 1. The molecule has 7 heteroatoms. The first-order valence-electron chi connectivity index (χ1n) is 4.14. The van der Waals surface area contributed by atoms with Gasteiger partial charge in [-0.1, -0.05) is 0 Å². The van der Waals surface area contributed by atoms with Crippen LogP contribution >= 0.6 is 0 Å². The van der Waals surface area contributed by atoms with Crippen molar-refractivity contribution in [3.05, 3.63) is 0 Å². The van der Waals surface area contributed by atoms with Crippen LogP contribution in [0.1, 0.15) is 0 Å². The molecule has 0 aliphatic rings. The number of nitrogens with one attached hydrogen (secondary N) is 2. The third-order valence-corrected chi connectivity index (χ3v) is 2.30. The Morgan fingerprint density at radius 1 is 1.29 bits per heavy atom. The number of carbonyl (C=O) groups is 1. The fraction of sp³-hybridized carbons (Fsp3) is 0.857.